The van der Waals surface area contributed by atoms with Gasteiger partial charge in [0, 0.05) is 24.7 Å². The Morgan fingerprint density at radius 3 is 2.56 bits per heavy atom. The Labute approximate surface area is 202 Å². The van der Waals surface area contributed by atoms with E-state index in [1.165, 1.54) is 16.8 Å². The molecule has 0 aliphatic carbocycles. The number of pyridine rings is 2. The summed E-state index contributed by atoms with van der Waals surface area (Å²) in [5, 5.41) is 2.85. The average Bonchev–Trinajstić information content (AvgIpc) is 3.12. The van der Waals surface area contributed by atoms with Gasteiger partial charge in [-0.05, 0) is 19.8 Å². The number of carbonyl (C=O) groups is 1. The molecule has 4 rings (SSSR count). The third kappa shape index (κ3) is 5.83. The van der Waals surface area contributed by atoms with E-state index >= 15 is 0 Å². The van der Waals surface area contributed by atoms with E-state index in [2.05, 4.69) is 25.0 Å². The van der Waals surface area contributed by atoms with Crippen molar-refractivity contribution in [3.05, 3.63) is 36.2 Å². The minimum Gasteiger partial charge on any atom is -0.478 e. The number of aryl methyl sites for hydroxylation is 1. The third-order valence-electron chi connectivity index (χ3n) is 5.67. The fourth-order valence-electron chi connectivity index (χ4n) is 3.63. The SMILES string of the molecule is Cn1c(C(=O)NC2(C)CCS(=O)(=O)CC2)nc2cnc(Oc3ncc(F)cc3OCC(F)(F)F)cc21. The van der Waals surface area contributed by atoms with Gasteiger partial charge in [-0.1, -0.05) is 0 Å². The van der Waals surface area contributed by atoms with Gasteiger partial charge in [-0.15, -0.1) is 0 Å². The lowest BCUT2D eigenvalue weighted by molar-refractivity contribution is -0.153. The number of nitrogens with zero attached hydrogens (tertiary/aromatic N) is 4. The summed E-state index contributed by atoms with van der Waals surface area (Å²) in [6, 6.07) is 2.09. The zero-order valence-corrected chi connectivity index (χ0v) is 19.9. The molecule has 194 valence electrons. The molecule has 3 aromatic rings. The second kappa shape index (κ2) is 9.19. The molecule has 36 heavy (non-hydrogen) atoms. The van der Waals surface area contributed by atoms with Crippen molar-refractivity contribution >= 4 is 26.8 Å². The molecule has 3 aromatic heterocycles. The van der Waals surface area contributed by atoms with Crippen molar-refractivity contribution in [1.82, 2.24) is 24.8 Å². The number of nitrogens with one attached hydrogen (secondary N) is 1. The van der Waals surface area contributed by atoms with Crippen LogP contribution in [-0.2, 0) is 16.9 Å². The minimum absolute atomic E-state index is 0.0248. The third-order valence-corrected chi connectivity index (χ3v) is 7.32. The largest absolute Gasteiger partial charge is 0.478 e. The van der Waals surface area contributed by atoms with E-state index in [1.807, 2.05) is 0 Å². The summed E-state index contributed by atoms with van der Waals surface area (Å²) in [5.41, 5.74) is 0.0158. The van der Waals surface area contributed by atoms with Crippen LogP contribution in [0.3, 0.4) is 0 Å². The van der Waals surface area contributed by atoms with Crippen molar-refractivity contribution in [1.29, 1.82) is 0 Å². The van der Waals surface area contributed by atoms with E-state index in [9.17, 15) is 30.8 Å². The quantitative estimate of drug-likeness (QED) is 0.482. The Kier molecular flexibility index (Phi) is 6.53. The zero-order valence-electron chi connectivity index (χ0n) is 19.1. The number of aromatic nitrogens is 4. The Morgan fingerprint density at radius 2 is 1.89 bits per heavy atom. The molecular formula is C21H21F4N5O5S. The van der Waals surface area contributed by atoms with Crippen LogP contribution in [0.25, 0.3) is 11.0 Å². The zero-order chi connectivity index (χ0) is 26.3. The van der Waals surface area contributed by atoms with Gasteiger partial charge in [-0.25, -0.2) is 27.8 Å². The maximum atomic E-state index is 13.5. The van der Waals surface area contributed by atoms with Crippen LogP contribution < -0.4 is 14.8 Å². The molecule has 1 fully saturated rings. The molecule has 1 aliphatic rings. The van der Waals surface area contributed by atoms with E-state index in [0.717, 1.165) is 6.20 Å². The van der Waals surface area contributed by atoms with Gasteiger partial charge in [0.15, 0.2) is 18.2 Å². The number of fused-ring (bicyclic) bond motifs is 1. The lowest BCUT2D eigenvalue weighted by Crippen LogP contribution is -2.51. The summed E-state index contributed by atoms with van der Waals surface area (Å²) in [6.07, 6.45) is -2.08. The molecule has 0 bridgehead atoms. The summed E-state index contributed by atoms with van der Waals surface area (Å²) in [4.78, 5) is 24.9. The summed E-state index contributed by atoms with van der Waals surface area (Å²) >= 11 is 0. The highest BCUT2D eigenvalue weighted by molar-refractivity contribution is 7.91. The molecule has 1 aliphatic heterocycles. The summed E-state index contributed by atoms with van der Waals surface area (Å²) in [7, 11) is -1.55. The minimum atomic E-state index is -4.66. The molecule has 0 saturated carbocycles. The van der Waals surface area contributed by atoms with E-state index in [-0.39, 0.29) is 36.1 Å². The van der Waals surface area contributed by atoms with Crippen LogP contribution in [0, 0.1) is 5.82 Å². The normalized spacial score (nSPS) is 17.1. The molecule has 10 nitrogen and oxygen atoms in total. The molecule has 1 amide bonds. The number of amides is 1. The number of halogens is 4. The Morgan fingerprint density at radius 1 is 1.19 bits per heavy atom. The lowest BCUT2D eigenvalue weighted by atomic mass is 9.95. The van der Waals surface area contributed by atoms with Crippen LogP contribution in [0.1, 0.15) is 30.4 Å². The average molecular weight is 531 g/mol. The molecule has 4 heterocycles. The number of hydrogen-bond donors (Lipinski definition) is 1. The first kappa shape index (κ1) is 25.6. The molecule has 1 saturated heterocycles. The predicted molar refractivity (Wildman–Crippen MR) is 118 cm³/mol. The first-order valence-corrected chi connectivity index (χ1v) is 12.4. The van der Waals surface area contributed by atoms with E-state index in [4.69, 9.17) is 4.74 Å². The highest BCUT2D eigenvalue weighted by atomic mass is 32.2. The standard InChI is InChI=1S/C21H21F4N5O5S/c1-20(3-5-36(32,33)6-4-20)29-18(31)17-28-13-10-26-16(8-14(13)30(17)2)35-19-15(7-12(22)9-27-19)34-11-21(23,24)25/h7-10H,3-6,11H2,1-2H3,(H,29,31). The molecular weight excluding hydrogens is 510 g/mol. The van der Waals surface area contributed by atoms with Crippen LogP contribution in [0.2, 0.25) is 0 Å². The van der Waals surface area contributed by atoms with Crippen LogP contribution >= 0.6 is 0 Å². The van der Waals surface area contributed by atoms with Gasteiger partial charge in [0.05, 0.1) is 29.4 Å². The van der Waals surface area contributed by atoms with Gasteiger partial charge in [-0.2, -0.15) is 13.2 Å². The topological polar surface area (TPSA) is 125 Å². The highest BCUT2D eigenvalue weighted by Crippen LogP contribution is 2.32. The molecule has 0 spiro atoms. The number of carbonyl (C=O) groups excluding carboxylic acids is 1. The fraction of sp³-hybridized carbons (Fsp3) is 0.429. The van der Waals surface area contributed by atoms with E-state index in [1.54, 1.807) is 14.0 Å². The lowest BCUT2D eigenvalue weighted by Gasteiger charge is -2.34. The second-order valence-corrected chi connectivity index (χ2v) is 10.9. The summed E-state index contributed by atoms with van der Waals surface area (Å²) in [5.74, 6) is -2.57. The highest BCUT2D eigenvalue weighted by Gasteiger charge is 2.35. The van der Waals surface area contributed by atoms with Crippen LogP contribution in [0.4, 0.5) is 17.6 Å². The molecule has 1 N–H and O–H groups in total. The van der Waals surface area contributed by atoms with Crippen molar-refractivity contribution in [3.63, 3.8) is 0 Å². The molecule has 0 radical (unpaired) electrons. The van der Waals surface area contributed by atoms with Crippen molar-refractivity contribution in [2.45, 2.75) is 31.5 Å². The first-order chi connectivity index (χ1) is 16.7. The van der Waals surface area contributed by atoms with Crippen molar-refractivity contribution < 1.29 is 40.2 Å². The smallest absolute Gasteiger partial charge is 0.422 e. The van der Waals surface area contributed by atoms with Crippen molar-refractivity contribution in [3.8, 4) is 17.5 Å². The van der Waals surface area contributed by atoms with E-state index in [0.29, 0.717) is 17.1 Å². The summed E-state index contributed by atoms with van der Waals surface area (Å²) in [6.45, 7) is 0.0931. The maximum absolute atomic E-state index is 13.5. The number of alkyl halides is 3. The maximum Gasteiger partial charge on any atom is 0.422 e. The summed E-state index contributed by atoms with van der Waals surface area (Å²) < 4.78 is 86.0. The van der Waals surface area contributed by atoms with Crippen LogP contribution in [-0.4, -0.2) is 63.7 Å². The molecule has 0 unspecified atom stereocenters. The first-order valence-electron chi connectivity index (χ1n) is 10.6. The number of rotatable bonds is 6. The Bertz CT molecular complexity index is 1410. The van der Waals surface area contributed by atoms with Crippen LogP contribution in [0.15, 0.2) is 24.5 Å². The van der Waals surface area contributed by atoms with E-state index < -0.39 is 51.5 Å². The number of hydrogen-bond acceptors (Lipinski definition) is 8. The molecule has 0 aromatic carbocycles. The number of imidazole rings is 1. The van der Waals surface area contributed by atoms with Crippen molar-refractivity contribution in [2.75, 3.05) is 18.1 Å². The van der Waals surface area contributed by atoms with Gasteiger partial charge in [0.25, 0.3) is 11.8 Å². The monoisotopic (exact) mass is 531 g/mol. The predicted octanol–water partition coefficient (Wildman–Crippen LogP) is 2.93. The number of sulfone groups is 1. The van der Waals surface area contributed by atoms with Crippen molar-refractivity contribution in [2.24, 2.45) is 7.05 Å². The molecule has 15 heteroatoms. The Balaban J connectivity index is 1.55. The fourth-order valence-corrected chi connectivity index (χ4v) is 5.35. The van der Waals surface area contributed by atoms with Crippen LogP contribution in [0.5, 0.6) is 17.5 Å². The van der Waals surface area contributed by atoms with Gasteiger partial charge < -0.3 is 19.4 Å². The van der Waals surface area contributed by atoms with Gasteiger partial charge in [0.1, 0.15) is 21.2 Å². The Hall–Kier alpha value is -3.49. The van der Waals surface area contributed by atoms with Gasteiger partial charge in [-0.3, -0.25) is 4.79 Å². The van der Waals surface area contributed by atoms with Gasteiger partial charge in [0.2, 0.25) is 5.88 Å². The molecule has 0 atom stereocenters. The second-order valence-electron chi connectivity index (χ2n) is 8.64. The van der Waals surface area contributed by atoms with Gasteiger partial charge >= 0.3 is 6.18 Å². The number of ether oxygens (including phenoxy) is 2.